The number of rotatable bonds is 4. The first-order valence-corrected chi connectivity index (χ1v) is 6.73. The van der Waals surface area contributed by atoms with Gasteiger partial charge in [-0.15, -0.1) is 0 Å². The van der Waals surface area contributed by atoms with Crippen LogP contribution in [0.4, 0.5) is 0 Å². The molecule has 2 heterocycles. The van der Waals surface area contributed by atoms with Crippen LogP contribution in [-0.4, -0.2) is 35.6 Å². The van der Waals surface area contributed by atoms with Gasteiger partial charge in [0.2, 0.25) is 5.91 Å². The first-order valence-electron chi connectivity index (χ1n) is 6.73. The molecule has 1 unspecified atom stereocenters. The van der Waals surface area contributed by atoms with Gasteiger partial charge in [-0.3, -0.25) is 14.6 Å². The van der Waals surface area contributed by atoms with E-state index < -0.39 is 11.4 Å². The van der Waals surface area contributed by atoms with Gasteiger partial charge in [0.1, 0.15) is 11.2 Å². The van der Waals surface area contributed by atoms with Crippen molar-refractivity contribution < 1.29 is 14.3 Å². The van der Waals surface area contributed by atoms with E-state index in [1.54, 1.807) is 12.3 Å². The lowest BCUT2D eigenvalue weighted by Crippen LogP contribution is -2.62. The Morgan fingerprint density at radius 2 is 2.35 bits per heavy atom. The fraction of sp³-hybridized carbons (Fsp3) is 0.500. The molecule has 1 aromatic heterocycles. The molecule has 1 atom stereocenters. The van der Waals surface area contributed by atoms with Crippen LogP contribution in [0.15, 0.2) is 18.3 Å². The predicted octanol–water partition coefficient (Wildman–Crippen LogP) is 0.408. The average Bonchev–Trinajstić information content (AvgIpc) is 2.48. The third kappa shape index (κ3) is 2.80. The van der Waals surface area contributed by atoms with E-state index in [-0.39, 0.29) is 12.5 Å². The number of aryl methyl sites for hydroxylation is 1. The van der Waals surface area contributed by atoms with Gasteiger partial charge in [-0.25, -0.2) is 0 Å². The van der Waals surface area contributed by atoms with E-state index in [0.717, 1.165) is 5.56 Å². The van der Waals surface area contributed by atoms with Crippen molar-refractivity contribution in [3.8, 4) is 0 Å². The van der Waals surface area contributed by atoms with Gasteiger partial charge in [-0.2, -0.15) is 0 Å². The molecule has 1 fully saturated rings. The van der Waals surface area contributed by atoms with E-state index in [2.05, 4.69) is 10.3 Å². The molecule has 0 aromatic carbocycles. The van der Waals surface area contributed by atoms with Crippen molar-refractivity contribution in [3.63, 3.8) is 0 Å². The third-order valence-electron chi connectivity index (χ3n) is 3.55. The second-order valence-electron chi connectivity index (χ2n) is 4.92. The number of pyridine rings is 1. The maximum Gasteiger partial charge on any atom is 0.271 e. The highest BCUT2D eigenvalue weighted by atomic mass is 16.5. The van der Waals surface area contributed by atoms with Crippen molar-refractivity contribution in [2.24, 2.45) is 5.73 Å². The molecule has 6 heteroatoms. The van der Waals surface area contributed by atoms with Crippen molar-refractivity contribution in [1.29, 1.82) is 0 Å². The number of carbonyl (C=O) groups is 2. The Kier molecular flexibility index (Phi) is 4.34. The Morgan fingerprint density at radius 3 is 2.95 bits per heavy atom. The number of nitrogens with zero attached hydrogens (tertiary/aromatic N) is 1. The lowest BCUT2D eigenvalue weighted by Gasteiger charge is -2.34. The van der Waals surface area contributed by atoms with E-state index in [1.807, 2.05) is 13.0 Å². The summed E-state index contributed by atoms with van der Waals surface area (Å²) in [7, 11) is 0. The van der Waals surface area contributed by atoms with Crippen LogP contribution < -0.4 is 11.1 Å². The molecular formula is C14H19N3O3. The summed E-state index contributed by atoms with van der Waals surface area (Å²) in [6, 6.07) is 3.62. The summed E-state index contributed by atoms with van der Waals surface area (Å²) in [5, 5.41) is 2.72. The van der Waals surface area contributed by atoms with Crippen LogP contribution in [0.2, 0.25) is 0 Å². The molecule has 6 nitrogen and oxygen atoms in total. The zero-order valence-corrected chi connectivity index (χ0v) is 11.5. The van der Waals surface area contributed by atoms with Gasteiger partial charge in [0.15, 0.2) is 0 Å². The lowest BCUT2D eigenvalue weighted by molar-refractivity contribution is -0.129. The first-order chi connectivity index (χ1) is 9.59. The van der Waals surface area contributed by atoms with Crippen molar-refractivity contribution in [2.45, 2.75) is 31.7 Å². The van der Waals surface area contributed by atoms with Crippen LogP contribution in [0.5, 0.6) is 0 Å². The highest BCUT2D eigenvalue weighted by molar-refractivity contribution is 5.98. The maximum atomic E-state index is 12.4. The molecule has 1 aliphatic heterocycles. The standard InChI is InChI=1S/C14H19N3O3/c1-2-10-5-3-7-16-11(10)12(18)17-14(13(15)19)6-4-8-20-9-14/h3,5,7H,2,4,6,8-9H2,1H3,(H2,15,19)(H,17,18). The van der Waals surface area contributed by atoms with Gasteiger partial charge < -0.3 is 15.8 Å². The van der Waals surface area contributed by atoms with Crippen molar-refractivity contribution in [2.75, 3.05) is 13.2 Å². The molecule has 0 aliphatic carbocycles. The predicted molar refractivity (Wildman–Crippen MR) is 73.1 cm³/mol. The smallest absolute Gasteiger partial charge is 0.271 e. The molecule has 3 N–H and O–H groups in total. The van der Waals surface area contributed by atoms with Crippen LogP contribution in [0.3, 0.4) is 0 Å². The average molecular weight is 277 g/mol. The summed E-state index contributed by atoms with van der Waals surface area (Å²) in [5.74, 6) is -0.953. The minimum absolute atomic E-state index is 0.113. The maximum absolute atomic E-state index is 12.4. The quantitative estimate of drug-likeness (QED) is 0.833. The second kappa shape index (κ2) is 6.00. The van der Waals surface area contributed by atoms with Crippen LogP contribution in [-0.2, 0) is 16.0 Å². The Hall–Kier alpha value is -1.95. The van der Waals surface area contributed by atoms with Crippen molar-refractivity contribution in [1.82, 2.24) is 10.3 Å². The summed E-state index contributed by atoms with van der Waals surface area (Å²) in [4.78, 5) is 28.2. The summed E-state index contributed by atoms with van der Waals surface area (Å²) >= 11 is 0. The zero-order chi connectivity index (χ0) is 14.6. The van der Waals surface area contributed by atoms with Crippen LogP contribution >= 0.6 is 0 Å². The number of hydrogen-bond acceptors (Lipinski definition) is 4. The van der Waals surface area contributed by atoms with Gasteiger partial charge in [0, 0.05) is 12.8 Å². The lowest BCUT2D eigenvalue weighted by atomic mass is 9.91. The summed E-state index contributed by atoms with van der Waals surface area (Å²) < 4.78 is 5.30. The highest BCUT2D eigenvalue weighted by Gasteiger charge is 2.40. The van der Waals surface area contributed by atoms with Gasteiger partial charge >= 0.3 is 0 Å². The number of ether oxygens (including phenoxy) is 1. The second-order valence-corrected chi connectivity index (χ2v) is 4.92. The first kappa shape index (κ1) is 14.5. The molecule has 0 spiro atoms. The zero-order valence-electron chi connectivity index (χ0n) is 11.5. The fourth-order valence-corrected chi connectivity index (χ4v) is 2.35. The summed E-state index contributed by atoms with van der Waals surface area (Å²) in [6.45, 7) is 2.64. The van der Waals surface area contributed by atoms with Crippen LogP contribution in [0.25, 0.3) is 0 Å². The fourth-order valence-electron chi connectivity index (χ4n) is 2.35. The molecule has 0 bridgehead atoms. The van der Waals surface area contributed by atoms with E-state index in [4.69, 9.17) is 10.5 Å². The number of nitrogens with two attached hydrogens (primary N) is 1. The molecule has 2 amide bonds. The highest BCUT2D eigenvalue weighted by Crippen LogP contribution is 2.20. The van der Waals surface area contributed by atoms with E-state index in [1.165, 1.54) is 0 Å². The molecule has 0 radical (unpaired) electrons. The Labute approximate surface area is 117 Å². The number of amides is 2. The van der Waals surface area contributed by atoms with Gasteiger partial charge in [0.25, 0.3) is 5.91 Å². The molecule has 0 saturated carbocycles. The molecule has 1 aromatic rings. The number of primary amides is 1. The molecule has 108 valence electrons. The Morgan fingerprint density at radius 1 is 1.55 bits per heavy atom. The van der Waals surface area contributed by atoms with Crippen molar-refractivity contribution in [3.05, 3.63) is 29.6 Å². The van der Waals surface area contributed by atoms with Gasteiger partial charge in [-0.1, -0.05) is 13.0 Å². The number of aromatic nitrogens is 1. The monoisotopic (exact) mass is 277 g/mol. The van der Waals surface area contributed by atoms with Crippen LogP contribution in [0, 0.1) is 0 Å². The Bertz CT molecular complexity index is 510. The molecular weight excluding hydrogens is 258 g/mol. The van der Waals surface area contributed by atoms with Gasteiger partial charge in [0.05, 0.1) is 6.61 Å². The molecule has 2 rings (SSSR count). The largest absolute Gasteiger partial charge is 0.378 e. The number of nitrogens with one attached hydrogen (secondary N) is 1. The van der Waals surface area contributed by atoms with Crippen LogP contribution in [0.1, 0.15) is 35.8 Å². The van der Waals surface area contributed by atoms with E-state index in [0.29, 0.717) is 31.6 Å². The van der Waals surface area contributed by atoms with E-state index >= 15 is 0 Å². The Balaban J connectivity index is 2.22. The molecule has 20 heavy (non-hydrogen) atoms. The topological polar surface area (TPSA) is 94.3 Å². The molecule has 1 saturated heterocycles. The summed E-state index contributed by atoms with van der Waals surface area (Å²) in [6.07, 6.45) is 3.42. The normalized spacial score (nSPS) is 22.2. The van der Waals surface area contributed by atoms with E-state index in [9.17, 15) is 9.59 Å². The van der Waals surface area contributed by atoms with Crippen molar-refractivity contribution >= 4 is 11.8 Å². The molecule has 1 aliphatic rings. The number of carbonyl (C=O) groups excluding carboxylic acids is 2. The third-order valence-corrected chi connectivity index (χ3v) is 3.55. The summed E-state index contributed by atoms with van der Waals surface area (Å²) in [5.41, 5.74) is 5.49. The minimum Gasteiger partial charge on any atom is -0.378 e. The van der Waals surface area contributed by atoms with Gasteiger partial charge in [-0.05, 0) is 30.9 Å². The minimum atomic E-state index is -1.13. The number of hydrogen-bond donors (Lipinski definition) is 2. The SMILES string of the molecule is CCc1cccnc1C(=O)NC1(C(N)=O)CCCOC1.